The first-order chi connectivity index (χ1) is 18.1. The van der Waals surface area contributed by atoms with Crippen molar-refractivity contribution in [2.45, 2.75) is 77.9 Å². The molecule has 8 nitrogen and oxygen atoms in total. The number of sulfonamides is 1. The third kappa shape index (κ3) is 7.96. The number of ether oxygens (including phenoxy) is 1. The van der Waals surface area contributed by atoms with Gasteiger partial charge in [-0.25, -0.2) is 8.42 Å². The SMILES string of the molecule is CCOc1ccccc1N(CC(=O)N(Cc1ccc(C)cc1)[C@H](CC)C(=O)NC1CCCCC1)S(C)(=O)=O. The number of hydrogen-bond donors (Lipinski definition) is 1. The van der Waals surface area contributed by atoms with E-state index in [-0.39, 0.29) is 18.5 Å². The summed E-state index contributed by atoms with van der Waals surface area (Å²) in [6.07, 6.45) is 6.68. The molecule has 2 aromatic carbocycles. The maximum atomic E-state index is 13.9. The fourth-order valence-electron chi connectivity index (χ4n) is 4.89. The van der Waals surface area contributed by atoms with Gasteiger partial charge in [0.05, 0.1) is 18.6 Å². The molecule has 0 unspecified atom stereocenters. The molecule has 1 aliphatic rings. The van der Waals surface area contributed by atoms with Crippen LogP contribution in [0.1, 0.15) is 63.5 Å². The van der Waals surface area contributed by atoms with Gasteiger partial charge in [-0.3, -0.25) is 13.9 Å². The van der Waals surface area contributed by atoms with Crippen LogP contribution in [-0.2, 0) is 26.2 Å². The molecule has 0 radical (unpaired) electrons. The number of amides is 2. The van der Waals surface area contributed by atoms with Crippen LogP contribution in [0.4, 0.5) is 5.69 Å². The van der Waals surface area contributed by atoms with Crippen molar-refractivity contribution in [2.75, 3.05) is 23.7 Å². The van der Waals surface area contributed by atoms with Gasteiger partial charge in [0.2, 0.25) is 21.8 Å². The lowest BCUT2D eigenvalue weighted by molar-refractivity contribution is -0.140. The van der Waals surface area contributed by atoms with Crippen LogP contribution in [0.25, 0.3) is 0 Å². The Morgan fingerprint density at radius 2 is 1.68 bits per heavy atom. The molecule has 1 saturated carbocycles. The number of nitrogens with zero attached hydrogens (tertiary/aromatic N) is 2. The standard InChI is InChI=1S/C29H41N3O5S/c1-5-25(29(34)30-24-12-8-7-9-13-24)31(20-23-18-16-22(3)17-19-23)28(33)21-32(38(4,35)36)26-14-10-11-15-27(26)37-6-2/h10-11,14-19,24-25H,5-9,12-13,20-21H2,1-4H3,(H,30,34)/t25-/m1/s1. The van der Waals surface area contributed by atoms with Crippen LogP contribution in [0.15, 0.2) is 48.5 Å². The van der Waals surface area contributed by atoms with Crippen molar-refractivity contribution in [3.05, 3.63) is 59.7 Å². The molecule has 3 rings (SSSR count). The van der Waals surface area contributed by atoms with E-state index in [1.807, 2.05) is 45.0 Å². The molecule has 2 amide bonds. The lowest BCUT2D eigenvalue weighted by Gasteiger charge is -2.34. The quantitative estimate of drug-likeness (QED) is 0.428. The highest BCUT2D eigenvalue weighted by atomic mass is 32.2. The van der Waals surface area contributed by atoms with Gasteiger partial charge in [0.1, 0.15) is 18.3 Å². The van der Waals surface area contributed by atoms with E-state index in [1.165, 1.54) is 11.3 Å². The smallest absolute Gasteiger partial charge is 0.244 e. The van der Waals surface area contributed by atoms with Crippen LogP contribution in [0.3, 0.4) is 0 Å². The third-order valence-corrected chi connectivity index (χ3v) is 8.05. The fraction of sp³-hybridized carbons (Fsp3) is 0.517. The molecule has 0 bridgehead atoms. The predicted octanol–water partition coefficient (Wildman–Crippen LogP) is 4.42. The second-order valence-corrected chi connectivity index (χ2v) is 11.9. The molecule has 38 heavy (non-hydrogen) atoms. The largest absolute Gasteiger partial charge is 0.492 e. The highest BCUT2D eigenvalue weighted by molar-refractivity contribution is 7.92. The molecule has 0 aromatic heterocycles. The summed E-state index contributed by atoms with van der Waals surface area (Å²) in [5.41, 5.74) is 2.25. The Bertz CT molecular complexity index is 1180. The average Bonchev–Trinajstić information content (AvgIpc) is 2.89. The van der Waals surface area contributed by atoms with E-state index in [1.54, 1.807) is 24.3 Å². The molecule has 1 N–H and O–H groups in total. The number of anilines is 1. The zero-order chi connectivity index (χ0) is 27.7. The Morgan fingerprint density at radius 3 is 2.29 bits per heavy atom. The number of rotatable bonds is 12. The number of aryl methyl sites for hydroxylation is 1. The number of carbonyl (C=O) groups excluding carboxylic acids is 2. The van der Waals surface area contributed by atoms with Crippen molar-refractivity contribution in [1.82, 2.24) is 10.2 Å². The summed E-state index contributed by atoms with van der Waals surface area (Å²) in [6.45, 7) is 5.77. The molecule has 0 saturated heterocycles. The van der Waals surface area contributed by atoms with Crippen molar-refractivity contribution < 1.29 is 22.7 Å². The molecule has 2 aromatic rings. The minimum absolute atomic E-state index is 0.104. The second-order valence-electron chi connectivity index (χ2n) is 9.95. The third-order valence-electron chi connectivity index (χ3n) is 6.92. The van der Waals surface area contributed by atoms with Crippen molar-refractivity contribution in [1.29, 1.82) is 0 Å². The summed E-state index contributed by atoms with van der Waals surface area (Å²) >= 11 is 0. The first kappa shape index (κ1) is 29.5. The van der Waals surface area contributed by atoms with Crippen LogP contribution in [-0.4, -0.2) is 56.6 Å². The minimum Gasteiger partial charge on any atom is -0.492 e. The normalized spacial score (nSPS) is 14.9. The summed E-state index contributed by atoms with van der Waals surface area (Å²) in [5, 5.41) is 3.16. The van der Waals surface area contributed by atoms with Gasteiger partial charge in [0.25, 0.3) is 0 Å². The van der Waals surface area contributed by atoms with Gasteiger partial charge < -0.3 is 15.0 Å². The summed E-state index contributed by atoms with van der Waals surface area (Å²) in [5.74, 6) is -0.270. The average molecular weight is 544 g/mol. The van der Waals surface area contributed by atoms with E-state index in [2.05, 4.69) is 5.32 Å². The molecule has 1 fully saturated rings. The zero-order valence-corrected chi connectivity index (χ0v) is 23.8. The van der Waals surface area contributed by atoms with E-state index in [0.717, 1.165) is 47.4 Å². The highest BCUT2D eigenvalue weighted by Crippen LogP contribution is 2.30. The van der Waals surface area contributed by atoms with Gasteiger partial charge in [0.15, 0.2) is 0 Å². The van der Waals surface area contributed by atoms with E-state index in [4.69, 9.17) is 4.74 Å². The van der Waals surface area contributed by atoms with E-state index < -0.39 is 28.5 Å². The Balaban J connectivity index is 1.93. The van der Waals surface area contributed by atoms with Gasteiger partial charge in [-0.1, -0.05) is 68.1 Å². The monoisotopic (exact) mass is 543 g/mol. The van der Waals surface area contributed by atoms with Crippen molar-refractivity contribution >= 4 is 27.5 Å². The molecule has 208 valence electrons. The number of benzene rings is 2. The molecule has 1 atom stereocenters. The van der Waals surface area contributed by atoms with Gasteiger partial charge >= 0.3 is 0 Å². The first-order valence-corrected chi connectivity index (χ1v) is 15.3. The molecular formula is C29H41N3O5S. The van der Waals surface area contributed by atoms with Gasteiger partial charge in [-0.2, -0.15) is 0 Å². The van der Waals surface area contributed by atoms with E-state index in [0.29, 0.717) is 24.5 Å². The van der Waals surface area contributed by atoms with Crippen LogP contribution in [0, 0.1) is 6.92 Å². The summed E-state index contributed by atoms with van der Waals surface area (Å²) in [6, 6.07) is 13.9. The Labute approximate surface area is 227 Å². The second kappa shape index (κ2) is 13.6. The number of para-hydroxylation sites is 2. The van der Waals surface area contributed by atoms with Crippen molar-refractivity contribution in [3.8, 4) is 5.75 Å². The molecular weight excluding hydrogens is 502 g/mol. The van der Waals surface area contributed by atoms with E-state index >= 15 is 0 Å². The van der Waals surface area contributed by atoms with Crippen molar-refractivity contribution in [3.63, 3.8) is 0 Å². The van der Waals surface area contributed by atoms with Crippen LogP contribution < -0.4 is 14.4 Å². The molecule has 0 spiro atoms. The van der Waals surface area contributed by atoms with Gasteiger partial charge in [-0.15, -0.1) is 0 Å². The van der Waals surface area contributed by atoms with Gasteiger partial charge in [-0.05, 0) is 50.8 Å². The maximum Gasteiger partial charge on any atom is 0.244 e. The maximum absolute atomic E-state index is 13.9. The summed E-state index contributed by atoms with van der Waals surface area (Å²) in [7, 11) is -3.84. The van der Waals surface area contributed by atoms with Gasteiger partial charge in [0, 0.05) is 12.6 Å². The lowest BCUT2D eigenvalue weighted by Crippen LogP contribution is -2.54. The number of nitrogens with one attached hydrogen (secondary N) is 1. The predicted molar refractivity (Wildman–Crippen MR) is 151 cm³/mol. The van der Waals surface area contributed by atoms with Crippen LogP contribution >= 0.6 is 0 Å². The number of hydrogen-bond acceptors (Lipinski definition) is 5. The number of carbonyl (C=O) groups is 2. The van der Waals surface area contributed by atoms with E-state index in [9.17, 15) is 18.0 Å². The molecule has 1 aliphatic carbocycles. The highest BCUT2D eigenvalue weighted by Gasteiger charge is 2.33. The van der Waals surface area contributed by atoms with Crippen molar-refractivity contribution in [2.24, 2.45) is 0 Å². The molecule has 0 aliphatic heterocycles. The van der Waals surface area contributed by atoms with Crippen LogP contribution in [0.5, 0.6) is 5.75 Å². The van der Waals surface area contributed by atoms with Crippen LogP contribution in [0.2, 0.25) is 0 Å². The zero-order valence-electron chi connectivity index (χ0n) is 23.0. The topological polar surface area (TPSA) is 96.0 Å². The molecule has 9 heteroatoms. The Morgan fingerprint density at radius 1 is 1.03 bits per heavy atom. The lowest BCUT2D eigenvalue weighted by atomic mass is 9.95. The fourth-order valence-corrected chi connectivity index (χ4v) is 5.74. The first-order valence-electron chi connectivity index (χ1n) is 13.5. The Hall–Kier alpha value is -3.07. The minimum atomic E-state index is -3.84. The Kier molecular flexibility index (Phi) is 10.6. The summed E-state index contributed by atoms with van der Waals surface area (Å²) < 4.78 is 32.5. The summed E-state index contributed by atoms with van der Waals surface area (Å²) in [4.78, 5) is 28.9. The molecule has 0 heterocycles.